The van der Waals surface area contributed by atoms with E-state index in [1.165, 1.54) is 25.1 Å². The molecule has 7 nitrogen and oxygen atoms in total. The van der Waals surface area contributed by atoms with Gasteiger partial charge in [0.2, 0.25) is 0 Å². The predicted molar refractivity (Wildman–Crippen MR) is 184 cm³/mol. The molecule has 2 N–H and O–H groups in total. The fraction of sp³-hybridized carbons (Fsp3) is 0.0571. The number of carbonyl (C=O) groups is 2. The van der Waals surface area contributed by atoms with Crippen LogP contribution < -0.4 is 21.2 Å². The molecule has 0 saturated heterocycles. The smallest absolute Gasteiger partial charge is 0.271 e. The average Bonchev–Trinajstić information content (AvgIpc) is 3.04. The van der Waals surface area contributed by atoms with Gasteiger partial charge in [-0.1, -0.05) is 114 Å². The van der Waals surface area contributed by atoms with Gasteiger partial charge in [0.05, 0.1) is 21.2 Å². The molecular formula is C35H27Cl2N2O5P. The number of hydrogen-bond donors (Lipinski definition) is 2. The van der Waals surface area contributed by atoms with Crippen LogP contribution in [0.25, 0.3) is 0 Å². The number of phenols is 1. The summed E-state index contributed by atoms with van der Waals surface area (Å²) in [4.78, 5) is 37.7. The molecule has 5 rings (SSSR count). The summed E-state index contributed by atoms with van der Waals surface area (Å²) in [6.07, 6.45) is 0.00670. The number of aromatic hydroxyl groups is 1. The number of carbonyl (C=O) groups excluding carboxylic acids is 2. The van der Waals surface area contributed by atoms with Gasteiger partial charge in [-0.2, -0.15) is 0 Å². The molecular weight excluding hydrogens is 630 g/mol. The molecule has 5 aromatic carbocycles. The molecule has 0 unspecified atom stereocenters. The third-order valence-electron chi connectivity index (χ3n) is 7.41. The van der Waals surface area contributed by atoms with E-state index in [1.54, 1.807) is 6.07 Å². The maximum absolute atomic E-state index is 13.8. The zero-order valence-corrected chi connectivity index (χ0v) is 26.4. The minimum absolute atomic E-state index is 0.00670. The highest BCUT2D eigenvalue weighted by Gasteiger charge is 2.32. The number of amides is 1. The number of nitro benzene ring substituents is 1. The van der Waals surface area contributed by atoms with Gasteiger partial charge < -0.3 is 10.4 Å². The third-order valence-corrected chi connectivity index (χ3v) is 12.4. The van der Waals surface area contributed by atoms with Gasteiger partial charge in [-0.15, -0.1) is 0 Å². The SMILES string of the molecule is CC(=O)C(Cc1cc(Cl)cc(C(=O)Nc2ccc([N+](=O)[O-])cc2Cl)c1O)=P(c1ccccc1)(c1ccccc1)c1ccccc1. The molecule has 1 amide bonds. The van der Waals surface area contributed by atoms with Crippen molar-refractivity contribution in [3.05, 3.63) is 153 Å². The molecule has 0 aromatic heterocycles. The Morgan fingerprint density at radius 3 is 1.76 bits per heavy atom. The normalized spacial score (nSPS) is 11.1. The van der Waals surface area contributed by atoms with Crippen molar-refractivity contribution in [1.82, 2.24) is 0 Å². The highest BCUT2D eigenvalue weighted by atomic mass is 35.5. The van der Waals surface area contributed by atoms with Crippen molar-refractivity contribution in [3.8, 4) is 5.75 Å². The van der Waals surface area contributed by atoms with Gasteiger partial charge >= 0.3 is 0 Å². The van der Waals surface area contributed by atoms with Crippen molar-refractivity contribution in [2.75, 3.05) is 5.32 Å². The first-order valence-electron chi connectivity index (χ1n) is 13.8. The number of nitro groups is 1. The van der Waals surface area contributed by atoms with Crippen molar-refractivity contribution in [2.24, 2.45) is 0 Å². The Hall–Kier alpha value is -4.68. The summed E-state index contributed by atoms with van der Waals surface area (Å²) in [6.45, 7) is -1.27. The van der Waals surface area contributed by atoms with Gasteiger partial charge in [0.15, 0.2) is 5.78 Å². The number of nitrogens with one attached hydrogen (secondary N) is 1. The van der Waals surface area contributed by atoms with E-state index < -0.39 is 17.7 Å². The number of Topliss-reactive ketones (excluding diaryl/α,β-unsaturated/α-hetero) is 1. The number of benzene rings is 5. The van der Waals surface area contributed by atoms with E-state index in [1.807, 2.05) is 91.0 Å². The molecule has 0 aliphatic heterocycles. The number of rotatable bonds is 9. The number of phenolic OH excluding ortho intramolecular Hbond substituents is 1. The van der Waals surface area contributed by atoms with Crippen LogP contribution in [-0.2, 0) is 11.2 Å². The first kappa shape index (κ1) is 31.7. The molecule has 10 heteroatoms. The van der Waals surface area contributed by atoms with Crippen molar-refractivity contribution in [1.29, 1.82) is 0 Å². The summed E-state index contributed by atoms with van der Waals surface area (Å²) < 4.78 is 0. The van der Waals surface area contributed by atoms with Gasteiger partial charge in [0.25, 0.3) is 11.6 Å². The molecule has 0 saturated carbocycles. The summed E-state index contributed by atoms with van der Waals surface area (Å²) in [5, 5.41) is 28.8. The maximum atomic E-state index is 13.8. The Bertz CT molecular complexity index is 1860. The van der Waals surface area contributed by atoms with Gasteiger partial charge in [-0.05, 0) is 47.9 Å². The fourth-order valence-corrected chi connectivity index (χ4v) is 10.4. The molecule has 0 aliphatic carbocycles. The number of halogens is 2. The lowest BCUT2D eigenvalue weighted by Crippen LogP contribution is -2.34. The van der Waals surface area contributed by atoms with Crippen molar-refractivity contribution < 1.29 is 19.6 Å². The Kier molecular flexibility index (Phi) is 9.54. The highest BCUT2D eigenvalue weighted by Crippen LogP contribution is 2.47. The molecule has 0 spiro atoms. The quantitative estimate of drug-likeness (QED) is 0.0994. The molecule has 0 heterocycles. The molecule has 0 fully saturated rings. The summed E-state index contributed by atoms with van der Waals surface area (Å²) in [5.41, 5.74) is 0.0318. The first-order chi connectivity index (χ1) is 21.6. The third kappa shape index (κ3) is 6.43. The Morgan fingerprint density at radius 1 is 0.800 bits per heavy atom. The standard InChI is InChI=1S/C35H27Cl2N2O5P/c1-23(40)33(45(27-11-5-2-6-12-27,28-13-7-3-8-14-28)29-15-9-4-10-16-29)20-24-19-25(36)21-30(34(24)41)35(42)38-32-18-17-26(39(43)44)22-31(32)37/h2-19,21-22,41H,20H2,1H3,(H,38,42). The Labute approximate surface area is 270 Å². The van der Waals surface area contributed by atoms with E-state index in [2.05, 4.69) is 5.32 Å². The second kappa shape index (κ2) is 13.5. The maximum Gasteiger partial charge on any atom is 0.271 e. The number of non-ortho nitro benzene ring substituents is 1. The minimum atomic E-state index is -2.79. The lowest BCUT2D eigenvalue weighted by molar-refractivity contribution is -0.384. The molecule has 0 atom stereocenters. The van der Waals surface area contributed by atoms with Crippen molar-refractivity contribution in [2.45, 2.75) is 13.3 Å². The average molecular weight is 657 g/mol. The number of nitrogens with zero attached hydrogens (tertiary/aromatic N) is 1. The molecule has 5 aromatic rings. The van der Waals surface area contributed by atoms with Crippen LogP contribution in [-0.4, -0.2) is 27.0 Å². The van der Waals surface area contributed by atoms with Gasteiger partial charge in [0, 0.05) is 34.4 Å². The fourth-order valence-electron chi connectivity index (χ4n) is 5.40. The molecule has 226 valence electrons. The Morgan fingerprint density at radius 2 is 1.31 bits per heavy atom. The topological polar surface area (TPSA) is 110 Å². The summed E-state index contributed by atoms with van der Waals surface area (Å²) >= 11 is 12.7. The van der Waals surface area contributed by atoms with E-state index in [0.29, 0.717) is 10.9 Å². The number of ketones is 1. The second-order valence-electron chi connectivity index (χ2n) is 10.2. The molecule has 0 aliphatic rings. The van der Waals surface area contributed by atoms with Crippen LogP contribution in [0, 0.1) is 10.1 Å². The minimum Gasteiger partial charge on any atom is -0.507 e. The van der Waals surface area contributed by atoms with Crippen LogP contribution in [0.5, 0.6) is 5.75 Å². The summed E-state index contributed by atoms with van der Waals surface area (Å²) in [7, 11) is 0. The van der Waals surface area contributed by atoms with E-state index in [4.69, 9.17) is 23.2 Å². The van der Waals surface area contributed by atoms with Gasteiger partial charge in [0.1, 0.15) is 5.75 Å². The summed E-state index contributed by atoms with van der Waals surface area (Å²) in [6, 6.07) is 36.0. The van der Waals surface area contributed by atoms with Gasteiger partial charge in [-0.25, -0.2) is 0 Å². The lowest BCUT2D eigenvalue weighted by atomic mass is 10.0. The first-order valence-corrected chi connectivity index (χ1v) is 16.4. The van der Waals surface area contributed by atoms with Crippen LogP contribution in [0.2, 0.25) is 10.0 Å². The molecule has 0 radical (unpaired) electrons. The largest absolute Gasteiger partial charge is 0.507 e. The highest BCUT2D eigenvalue weighted by molar-refractivity contribution is 7.96. The zero-order valence-electron chi connectivity index (χ0n) is 24.0. The molecule has 0 bridgehead atoms. The predicted octanol–water partition coefficient (Wildman–Crippen LogP) is 7.16. The van der Waals surface area contributed by atoms with Gasteiger partial charge in [-0.3, -0.25) is 19.7 Å². The number of hydrogen-bond acceptors (Lipinski definition) is 5. The van der Waals surface area contributed by atoms with Crippen molar-refractivity contribution in [3.63, 3.8) is 0 Å². The van der Waals surface area contributed by atoms with Crippen LogP contribution in [0.4, 0.5) is 11.4 Å². The van der Waals surface area contributed by atoms with E-state index in [9.17, 15) is 24.8 Å². The lowest BCUT2D eigenvalue weighted by Gasteiger charge is -2.32. The monoisotopic (exact) mass is 656 g/mol. The van der Waals surface area contributed by atoms with Crippen LogP contribution >= 0.6 is 30.1 Å². The van der Waals surface area contributed by atoms with Crippen molar-refractivity contribution >= 4 is 74.4 Å². The zero-order chi connectivity index (χ0) is 32.1. The van der Waals surface area contributed by atoms with E-state index >= 15 is 0 Å². The second-order valence-corrected chi connectivity index (χ2v) is 14.5. The van der Waals surface area contributed by atoms with E-state index in [-0.39, 0.29) is 44.9 Å². The van der Waals surface area contributed by atoms with E-state index in [0.717, 1.165) is 22.0 Å². The molecule has 45 heavy (non-hydrogen) atoms. The van der Waals surface area contributed by atoms with Crippen LogP contribution in [0.3, 0.4) is 0 Å². The number of anilines is 1. The van der Waals surface area contributed by atoms with Crippen LogP contribution in [0.15, 0.2) is 121 Å². The van der Waals surface area contributed by atoms with Crippen LogP contribution in [0.1, 0.15) is 22.8 Å². The Balaban J connectivity index is 1.72. The summed E-state index contributed by atoms with van der Waals surface area (Å²) in [5.74, 6) is -1.24.